The van der Waals surface area contributed by atoms with Gasteiger partial charge in [0, 0.05) is 5.39 Å². The largest absolute Gasteiger partial charge is 0.476 e. The Morgan fingerprint density at radius 3 is 2.64 bits per heavy atom. The summed E-state index contributed by atoms with van der Waals surface area (Å²) in [5.74, 6) is -1.25. The predicted octanol–water partition coefficient (Wildman–Crippen LogP) is 2.46. The fourth-order valence-electron chi connectivity index (χ4n) is 2.13. The first-order valence-electron chi connectivity index (χ1n) is 6.14. The van der Waals surface area contributed by atoms with Crippen molar-refractivity contribution in [2.45, 2.75) is 0 Å². The molecule has 1 aromatic carbocycles. The van der Waals surface area contributed by atoms with Crippen LogP contribution in [0.1, 0.15) is 10.5 Å². The van der Waals surface area contributed by atoms with E-state index in [0.29, 0.717) is 9.51 Å². The molecule has 8 heteroatoms. The fourth-order valence-corrected chi connectivity index (χ4v) is 3.21. The number of carboxylic acid groups (broad SMARTS) is 1. The lowest BCUT2D eigenvalue weighted by molar-refractivity contribution is 0.0691. The number of nitrogen functional groups attached to an aromatic ring is 1. The van der Waals surface area contributed by atoms with Crippen molar-refractivity contribution in [1.82, 2.24) is 9.78 Å². The van der Waals surface area contributed by atoms with E-state index in [1.165, 1.54) is 6.07 Å². The standard InChI is InChI=1S/C14H9N3O3S2/c15-12-10-8(6-9(21)22-12)11(14(19)20)16-17(13(10)18)7-4-2-1-3-5-7/h1-6H,15H2,(H,19,20). The second kappa shape index (κ2) is 5.32. The summed E-state index contributed by atoms with van der Waals surface area (Å²) in [6, 6.07) is 10.0. The SMILES string of the molecule is Nc1sc(=S)cc2c(C(=O)O)nn(-c3ccccc3)c(=O)c12. The van der Waals surface area contributed by atoms with Gasteiger partial charge in [0.05, 0.1) is 14.9 Å². The van der Waals surface area contributed by atoms with Gasteiger partial charge in [-0.25, -0.2) is 4.79 Å². The van der Waals surface area contributed by atoms with Gasteiger partial charge in [0.2, 0.25) is 0 Å². The average Bonchev–Trinajstić information content (AvgIpc) is 2.47. The quantitative estimate of drug-likeness (QED) is 0.700. The number of carbonyl (C=O) groups is 1. The van der Waals surface area contributed by atoms with Gasteiger partial charge in [0.15, 0.2) is 5.69 Å². The molecule has 0 aliphatic carbocycles. The molecule has 2 heterocycles. The molecule has 0 amide bonds. The van der Waals surface area contributed by atoms with Crippen molar-refractivity contribution < 1.29 is 9.90 Å². The normalized spacial score (nSPS) is 10.7. The van der Waals surface area contributed by atoms with E-state index in [0.717, 1.165) is 16.0 Å². The molecule has 2 aromatic heterocycles. The molecule has 0 atom stereocenters. The Kier molecular flexibility index (Phi) is 3.47. The van der Waals surface area contributed by atoms with Crippen LogP contribution in [0.5, 0.6) is 0 Å². The minimum absolute atomic E-state index is 0.120. The van der Waals surface area contributed by atoms with Crippen LogP contribution < -0.4 is 11.3 Å². The molecule has 0 aliphatic rings. The third-order valence-corrected chi connectivity index (χ3v) is 4.16. The van der Waals surface area contributed by atoms with E-state index in [1.807, 2.05) is 0 Å². The maximum atomic E-state index is 12.6. The van der Waals surface area contributed by atoms with Gasteiger partial charge < -0.3 is 10.8 Å². The van der Waals surface area contributed by atoms with Crippen molar-refractivity contribution >= 4 is 45.3 Å². The number of hydrogen-bond acceptors (Lipinski definition) is 6. The zero-order valence-corrected chi connectivity index (χ0v) is 12.6. The summed E-state index contributed by atoms with van der Waals surface area (Å²) in [6.07, 6.45) is 0. The minimum Gasteiger partial charge on any atom is -0.476 e. The number of fused-ring (bicyclic) bond motifs is 1. The monoisotopic (exact) mass is 331 g/mol. The highest BCUT2D eigenvalue weighted by molar-refractivity contribution is 7.73. The lowest BCUT2D eigenvalue weighted by Crippen LogP contribution is -2.25. The van der Waals surface area contributed by atoms with Gasteiger partial charge >= 0.3 is 5.97 Å². The van der Waals surface area contributed by atoms with Gasteiger partial charge in [-0.3, -0.25) is 4.79 Å². The number of carboxylic acids is 1. The number of para-hydroxylation sites is 1. The topological polar surface area (TPSA) is 98.2 Å². The Labute approximate surface area is 133 Å². The molecule has 0 bridgehead atoms. The first-order chi connectivity index (χ1) is 10.5. The summed E-state index contributed by atoms with van der Waals surface area (Å²) in [4.78, 5) is 24.1. The van der Waals surface area contributed by atoms with Crippen LogP contribution in [0.3, 0.4) is 0 Å². The number of aromatic nitrogens is 2. The van der Waals surface area contributed by atoms with E-state index in [4.69, 9.17) is 18.0 Å². The molecular formula is C14H9N3O3S2. The maximum Gasteiger partial charge on any atom is 0.357 e. The molecule has 3 aromatic rings. The Hall–Kier alpha value is -2.58. The maximum absolute atomic E-state index is 12.6. The summed E-state index contributed by atoms with van der Waals surface area (Å²) in [7, 11) is 0. The smallest absolute Gasteiger partial charge is 0.357 e. The molecule has 110 valence electrons. The molecule has 0 saturated heterocycles. The van der Waals surface area contributed by atoms with Crippen LogP contribution in [0, 0.1) is 3.82 Å². The molecule has 0 unspecified atom stereocenters. The van der Waals surface area contributed by atoms with Gasteiger partial charge in [0.1, 0.15) is 5.00 Å². The number of hydrogen-bond donors (Lipinski definition) is 2. The molecule has 3 N–H and O–H groups in total. The van der Waals surface area contributed by atoms with Crippen molar-refractivity contribution in [2.24, 2.45) is 0 Å². The van der Waals surface area contributed by atoms with E-state index in [9.17, 15) is 14.7 Å². The van der Waals surface area contributed by atoms with Crippen LogP contribution in [0.4, 0.5) is 5.00 Å². The average molecular weight is 331 g/mol. The number of nitrogens with two attached hydrogens (primary N) is 1. The summed E-state index contributed by atoms with van der Waals surface area (Å²) in [5, 5.41) is 13.8. The van der Waals surface area contributed by atoms with Crippen molar-refractivity contribution in [2.75, 3.05) is 5.73 Å². The van der Waals surface area contributed by atoms with Crippen LogP contribution in [-0.2, 0) is 0 Å². The van der Waals surface area contributed by atoms with Crippen LogP contribution in [-0.4, -0.2) is 20.9 Å². The van der Waals surface area contributed by atoms with Gasteiger partial charge in [-0.2, -0.15) is 9.78 Å². The van der Waals surface area contributed by atoms with E-state index < -0.39 is 11.5 Å². The summed E-state index contributed by atoms with van der Waals surface area (Å²) >= 11 is 6.11. The Balaban J connectivity index is 2.53. The van der Waals surface area contributed by atoms with Crippen LogP contribution in [0.2, 0.25) is 0 Å². The third-order valence-electron chi connectivity index (χ3n) is 3.05. The Morgan fingerprint density at radius 2 is 2.00 bits per heavy atom. The zero-order valence-electron chi connectivity index (χ0n) is 11.0. The molecular weight excluding hydrogens is 322 g/mol. The van der Waals surface area contributed by atoms with Crippen molar-refractivity contribution in [3.8, 4) is 5.69 Å². The predicted molar refractivity (Wildman–Crippen MR) is 87.4 cm³/mol. The van der Waals surface area contributed by atoms with Crippen molar-refractivity contribution in [3.05, 3.63) is 56.3 Å². The zero-order chi connectivity index (χ0) is 15.9. The lowest BCUT2D eigenvalue weighted by Gasteiger charge is -2.09. The Bertz CT molecular complexity index is 1010. The van der Waals surface area contributed by atoms with Crippen LogP contribution in [0.15, 0.2) is 41.2 Å². The van der Waals surface area contributed by atoms with E-state index in [2.05, 4.69) is 5.10 Å². The van der Waals surface area contributed by atoms with Crippen molar-refractivity contribution in [1.29, 1.82) is 0 Å². The molecule has 6 nitrogen and oxygen atoms in total. The molecule has 0 saturated carbocycles. The number of rotatable bonds is 2. The highest BCUT2D eigenvalue weighted by Crippen LogP contribution is 2.25. The van der Waals surface area contributed by atoms with Crippen LogP contribution >= 0.6 is 23.6 Å². The highest BCUT2D eigenvalue weighted by Gasteiger charge is 2.19. The lowest BCUT2D eigenvalue weighted by atomic mass is 10.2. The first-order valence-corrected chi connectivity index (χ1v) is 7.37. The number of nitrogens with zero attached hydrogens (tertiary/aromatic N) is 2. The van der Waals surface area contributed by atoms with Gasteiger partial charge in [-0.05, 0) is 18.2 Å². The van der Waals surface area contributed by atoms with Gasteiger partial charge in [-0.15, -0.1) is 11.3 Å². The Morgan fingerprint density at radius 1 is 1.32 bits per heavy atom. The minimum atomic E-state index is -1.25. The number of benzene rings is 1. The van der Waals surface area contributed by atoms with E-state index in [1.54, 1.807) is 30.3 Å². The molecule has 0 spiro atoms. The molecule has 3 rings (SSSR count). The third kappa shape index (κ3) is 2.28. The number of anilines is 1. The molecule has 0 radical (unpaired) electrons. The van der Waals surface area contributed by atoms with E-state index in [-0.39, 0.29) is 21.5 Å². The van der Waals surface area contributed by atoms with Gasteiger partial charge in [-0.1, -0.05) is 30.4 Å². The fraction of sp³-hybridized carbons (Fsp3) is 0. The molecule has 22 heavy (non-hydrogen) atoms. The highest BCUT2D eigenvalue weighted by atomic mass is 32.1. The second-order valence-corrected chi connectivity index (χ2v) is 6.21. The summed E-state index contributed by atoms with van der Waals surface area (Å²) in [6.45, 7) is 0. The van der Waals surface area contributed by atoms with Gasteiger partial charge in [0.25, 0.3) is 5.56 Å². The number of aromatic carboxylic acids is 1. The summed E-state index contributed by atoms with van der Waals surface area (Å²) < 4.78 is 1.43. The first kappa shape index (κ1) is 14.4. The summed E-state index contributed by atoms with van der Waals surface area (Å²) in [5.41, 5.74) is 5.62. The molecule has 0 aliphatic heterocycles. The van der Waals surface area contributed by atoms with Crippen molar-refractivity contribution in [3.63, 3.8) is 0 Å². The second-order valence-electron chi connectivity index (χ2n) is 4.42. The van der Waals surface area contributed by atoms with E-state index >= 15 is 0 Å². The van der Waals surface area contributed by atoms with Crippen LogP contribution in [0.25, 0.3) is 16.5 Å². The molecule has 0 fully saturated rings.